The summed E-state index contributed by atoms with van der Waals surface area (Å²) in [6.07, 6.45) is 2.16. The molecule has 4 rings (SSSR count). The molecule has 12 heteroatoms. The number of hydrogen-bond donors (Lipinski definition) is 0. The molecule has 33 heavy (non-hydrogen) atoms. The van der Waals surface area contributed by atoms with Crippen LogP contribution in [0.4, 0.5) is 10.2 Å². The van der Waals surface area contributed by atoms with Crippen molar-refractivity contribution in [1.82, 2.24) is 4.98 Å². The van der Waals surface area contributed by atoms with E-state index in [1.807, 2.05) is 30.1 Å². The molecule has 2 aliphatic heterocycles. The Bertz CT molecular complexity index is 1020. The van der Waals surface area contributed by atoms with Crippen molar-refractivity contribution in [2.24, 2.45) is 0 Å². The van der Waals surface area contributed by atoms with E-state index in [-0.39, 0.29) is 44.9 Å². The van der Waals surface area contributed by atoms with Crippen molar-refractivity contribution in [2.75, 3.05) is 57.7 Å². The minimum atomic E-state index is -3.63. The molecule has 9 nitrogen and oxygen atoms in total. The highest BCUT2D eigenvalue weighted by atomic mass is 31.2. The fourth-order valence-corrected chi connectivity index (χ4v) is 8.30. The van der Waals surface area contributed by atoms with Crippen LogP contribution in [-0.4, -0.2) is 57.8 Å². The number of benzene rings is 1. The lowest BCUT2D eigenvalue weighted by atomic mass is 10.1. The lowest BCUT2D eigenvalue weighted by Crippen LogP contribution is -2.21. The Morgan fingerprint density at radius 2 is 1.82 bits per heavy atom. The summed E-state index contributed by atoms with van der Waals surface area (Å²) in [6.45, 7) is 1.64. The molecule has 1 unspecified atom stereocenters. The van der Waals surface area contributed by atoms with Crippen LogP contribution in [0.15, 0.2) is 42.6 Å². The molecular weight excluding hydrogens is 473 g/mol. The molecule has 0 amide bonds. The van der Waals surface area contributed by atoms with Crippen molar-refractivity contribution >= 4 is 21.0 Å². The molecule has 2 fully saturated rings. The first-order valence-electron chi connectivity index (χ1n) is 10.7. The molecule has 2 aliphatic rings. The number of halogens is 1. The molecule has 1 aromatic carbocycles. The molecule has 0 saturated carbocycles. The van der Waals surface area contributed by atoms with Crippen LogP contribution < -0.4 is 9.64 Å². The molecule has 0 radical (unpaired) electrons. The molecule has 0 spiro atoms. The number of rotatable bonds is 10. The van der Waals surface area contributed by atoms with Gasteiger partial charge in [-0.25, -0.2) is 9.37 Å². The van der Waals surface area contributed by atoms with Gasteiger partial charge in [0.2, 0.25) is 0 Å². The molecule has 0 aliphatic carbocycles. The molecule has 1 atom stereocenters. The van der Waals surface area contributed by atoms with Crippen molar-refractivity contribution in [3.05, 3.63) is 54.0 Å². The lowest BCUT2D eigenvalue weighted by Gasteiger charge is -2.24. The van der Waals surface area contributed by atoms with Gasteiger partial charge in [-0.05, 0) is 36.2 Å². The van der Waals surface area contributed by atoms with Gasteiger partial charge in [0.05, 0.1) is 44.9 Å². The molecule has 1 aromatic heterocycles. The Morgan fingerprint density at radius 3 is 2.52 bits per heavy atom. The Labute approximate surface area is 192 Å². The van der Waals surface area contributed by atoms with E-state index in [1.165, 1.54) is 18.2 Å². The Hall–Kier alpha value is -1.80. The molecule has 2 saturated heterocycles. The average Bonchev–Trinajstić information content (AvgIpc) is 3.46. The van der Waals surface area contributed by atoms with Crippen molar-refractivity contribution < 1.29 is 36.4 Å². The lowest BCUT2D eigenvalue weighted by molar-refractivity contribution is 0.296. The van der Waals surface area contributed by atoms with E-state index in [2.05, 4.69) is 4.98 Å². The fraction of sp³-hybridized carbons (Fsp3) is 0.476. The summed E-state index contributed by atoms with van der Waals surface area (Å²) in [5.74, 6) is 0.290. The maximum absolute atomic E-state index is 14.5. The van der Waals surface area contributed by atoms with E-state index in [9.17, 15) is 13.5 Å². The molecule has 3 heterocycles. The standard InChI is InChI=1S/C21H27FN2O7P2/c1-24(21-5-2-3-8-23-21)9-4-10-27-19-15-17(6-7-18(19)22)20(33(26)30-13-14-31-33)16-32(25)28-11-12-29-32/h2-3,5-8,15,20H,4,9-14,16H2,1H3. The van der Waals surface area contributed by atoms with Crippen LogP contribution in [-0.2, 0) is 27.2 Å². The van der Waals surface area contributed by atoms with E-state index in [4.69, 9.17) is 22.8 Å². The Kier molecular flexibility index (Phi) is 7.84. The smallest absolute Gasteiger partial charge is 0.338 e. The summed E-state index contributed by atoms with van der Waals surface area (Å²) in [6, 6.07) is 9.81. The number of nitrogens with zero attached hydrogens (tertiary/aromatic N) is 2. The maximum Gasteiger partial charge on any atom is 0.338 e. The van der Waals surface area contributed by atoms with Crippen molar-refractivity contribution in [2.45, 2.75) is 12.1 Å². The first-order valence-corrected chi connectivity index (χ1v) is 14.0. The number of anilines is 1. The summed E-state index contributed by atoms with van der Waals surface area (Å²) in [4.78, 5) is 6.26. The summed E-state index contributed by atoms with van der Waals surface area (Å²) >= 11 is 0. The predicted octanol–water partition coefficient (Wildman–Crippen LogP) is 4.65. The third-order valence-electron chi connectivity index (χ3n) is 5.34. The quantitative estimate of drug-likeness (QED) is 0.341. The second kappa shape index (κ2) is 10.6. The van der Waals surface area contributed by atoms with Crippen LogP contribution in [0.3, 0.4) is 0 Å². The third-order valence-corrected chi connectivity index (χ3v) is 9.92. The van der Waals surface area contributed by atoms with Gasteiger partial charge in [0.25, 0.3) is 0 Å². The normalized spacial score (nSPS) is 19.9. The summed E-state index contributed by atoms with van der Waals surface area (Å²) < 4.78 is 67.6. The zero-order valence-electron chi connectivity index (χ0n) is 18.3. The highest BCUT2D eigenvalue weighted by molar-refractivity contribution is 7.58. The van der Waals surface area contributed by atoms with E-state index < -0.39 is 26.7 Å². The second-order valence-electron chi connectivity index (χ2n) is 7.68. The average molecular weight is 500 g/mol. The number of hydrogen-bond acceptors (Lipinski definition) is 9. The molecule has 0 bridgehead atoms. The molecule has 0 N–H and O–H groups in total. The first-order chi connectivity index (χ1) is 15.9. The third kappa shape index (κ3) is 6.01. The topological polar surface area (TPSA) is 96.4 Å². The number of pyridine rings is 1. The van der Waals surface area contributed by atoms with Crippen LogP contribution in [0.5, 0.6) is 5.75 Å². The van der Waals surface area contributed by atoms with Crippen LogP contribution in [0.25, 0.3) is 0 Å². The highest BCUT2D eigenvalue weighted by Crippen LogP contribution is 2.69. The highest BCUT2D eigenvalue weighted by Gasteiger charge is 2.47. The van der Waals surface area contributed by atoms with Gasteiger partial charge in [0.1, 0.15) is 5.82 Å². The monoisotopic (exact) mass is 500 g/mol. The molecule has 2 aromatic rings. The van der Waals surface area contributed by atoms with Crippen LogP contribution in [0, 0.1) is 5.82 Å². The van der Waals surface area contributed by atoms with E-state index in [1.54, 1.807) is 6.20 Å². The second-order valence-corrected chi connectivity index (χ2v) is 12.0. The van der Waals surface area contributed by atoms with E-state index in [0.717, 1.165) is 5.82 Å². The zero-order chi connectivity index (χ0) is 23.3. The van der Waals surface area contributed by atoms with Crippen LogP contribution in [0.1, 0.15) is 17.6 Å². The van der Waals surface area contributed by atoms with Crippen molar-refractivity contribution in [1.29, 1.82) is 0 Å². The minimum Gasteiger partial charge on any atom is -0.490 e. The van der Waals surface area contributed by atoms with E-state index in [0.29, 0.717) is 18.5 Å². The van der Waals surface area contributed by atoms with Crippen molar-refractivity contribution in [3.63, 3.8) is 0 Å². The van der Waals surface area contributed by atoms with Gasteiger partial charge < -0.3 is 27.7 Å². The first kappa shape index (κ1) is 24.3. The van der Waals surface area contributed by atoms with Crippen LogP contribution >= 0.6 is 15.2 Å². The van der Waals surface area contributed by atoms with Crippen molar-refractivity contribution in [3.8, 4) is 5.75 Å². The van der Waals surface area contributed by atoms with E-state index >= 15 is 0 Å². The van der Waals surface area contributed by atoms with Gasteiger partial charge in [-0.1, -0.05) is 12.1 Å². The molecule has 180 valence electrons. The summed E-state index contributed by atoms with van der Waals surface area (Å²) in [5, 5.41) is 0. The summed E-state index contributed by atoms with van der Waals surface area (Å²) in [5.41, 5.74) is -0.501. The Balaban J connectivity index is 1.44. The number of ether oxygens (including phenoxy) is 1. The Morgan fingerprint density at radius 1 is 1.09 bits per heavy atom. The van der Waals surface area contributed by atoms with Gasteiger partial charge in [0, 0.05) is 19.8 Å². The van der Waals surface area contributed by atoms with Gasteiger partial charge in [-0.15, -0.1) is 0 Å². The fourth-order valence-electron chi connectivity index (χ4n) is 3.66. The van der Waals surface area contributed by atoms with Gasteiger partial charge >= 0.3 is 15.2 Å². The van der Waals surface area contributed by atoms with Gasteiger partial charge in [-0.2, -0.15) is 0 Å². The minimum absolute atomic E-state index is 0.00956. The SMILES string of the molecule is CN(CCCOc1cc(C(CP2(=O)OCCO2)P2(=O)OCCO2)ccc1F)c1ccccn1. The maximum atomic E-state index is 14.5. The predicted molar refractivity (Wildman–Crippen MR) is 121 cm³/mol. The van der Waals surface area contributed by atoms with Gasteiger partial charge in [-0.3, -0.25) is 9.13 Å². The largest absolute Gasteiger partial charge is 0.490 e. The van der Waals surface area contributed by atoms with Crippen LogP contribution in [0.2, 0.25) is 0 Å². The van der Waals surface area contributed by atoms with Gasteiger partial charge in [0.15, 0.2) is 11.6 Å². The summed E-state index contributed by atoms with van der Waals surface area (Å²) in [7, 11) is -5.17. The number of aromatic nitrogens is 1. The zero-order valence-corrected chi connectivity index (χ0v) is 20.1. The molecular formula is C21H27FN2O7P2.